The summed E-state index contributed by atoms with van der Waals surface area (Å²) in [7, 11) is 0. The largest absolute Gasteiger partial charge is 0.295 e. The van der Waals surface area contributed by atoms with Crippen LogP contribution in [0.3, 0.4) is 0 Å². The fourth-order valence-corrected chi connectivity index (χ4v) is 7.29. The normalized spacial score (nSPS) is 45.9. The Bertz CT molecular complexity index is 681. The molecule has 0 aromatic rings. The number of fused-ring (bicyclic) bond motifs is 5. The van der Waals surface area contributed by atoms with E-state index in [1.54, 1.807) is 0 Å². The maximum absolute atomic E-state index is 12.4. The number of ketones is 2. The number of thiol groups is 1. The first-order valence-electron chi connectivity index (χ1n) is 9.78. The van der Waals surface area contributed by atoms with E-state index in [1.165, 1.54) is 5.57 Å². The van der Waals surface area contributed by atoms with Gasteiger partial charge in [-0.05, 0) is 79.6 Å². The van der Waals surface area contributed by atoms with Gasteiger partial charge in [0.15, 0.2) is 5.78 Å². The van der Waals surface area contributed by atoms with Gasteiger partial charge in [0.25, 0.3) is 5.12 Å². The van der Waals surface area contributed by atoms with Crippen LogP contribution in [0.5, 0.6) is 0 Å². The number of hydrogen-bond acceptors (Lipinski definition) is 3. The van der Waals surface area contributed by atoms with Gasteiger partial charge in [0, 0.05) is 12.3 Å². The second-order valence-electron chi connectivity index (χ2n) is 9.31. The Labute approximate surface area is 155 Å². The molecule has 0 saturated heterocycles. The molecule has 0 N–H and O–H groups in total. The highest BCUT2D eigenvalue weighted by Gasteiger charge is 2.60. The average Bonchev–Trinajstić information content (AvgIpc) is 2.92. The summed E-state index contributed by atoms with van der Waals surface area (Å²) in [5.41, 5.74) is 1.50. The highest BCUT2D eigenvalue weighted by atomic mass is 32.1. The lowest BCUT2D eigenvalue weighted by molar-refractivity contribution is -0.139. The molecular weight excluding hydrogens is 332 g/mol. The zero-order valence-corrected chi connectivity index (χ0v) is 16.1. The van der Waals surface area contributed by atoms with E-state index in [-0.39, 0.29) is 22.5 Å². The molecule has 4 rings (SSSR count). The van der Waals surface area contributed by atoms with Crippen molar-refractivity contribution < 1.29 is 14.4 Å². The second-order valence-corrected chi connectivity index (χ2v) is 9.72. The lowest BCUT2D eigenvalue weighted by Gasteiger charge is -2.58. The molecule has 136 valence electrons. The highest BCUT2D eigenvalue weighted by Crippen LogP contribution is 2.66. The molecule has 25 heavy (non-hydrogen) atoms. The summed E-state index contributed by atoms with van der Waals surface area (Å²) in [5.74, 6) is 1.68. The summed E-state index contributed by atoms with van der Waals surface area (Å²) in [6, 6.07) is 0. The predicted octanol–water partition coefficient (Wildman–Crippen LogP) is 4.16. The lowest BCUT2D eigenvalue weighted by Crippen LogP contribution is -2.51. The Balaban J connectivity index is 1.65. The fourth-order valence-electron chi connectivity index (χ4n) is 7.14. The molecule has 0 spiro atoms. The maximum atomic E-state index is 12.4. The summed E-state index contributed by atoms with van der Waals surface area (Å²) in [5, 5.41) is -0.569. The van der Waals surface area contributed by atoms with Crippen molar-refractivity contribution in [3.63, 3.8) is 0 Å². The van der Waals surface area contributed by atoms with Gasteiger partial charge in [-0.15, -0.1) is 0 Å². The van der Waals surface area contributed by atoms with Crippen LogP contribution in [0.2, 0.25) is 0 Å². The van der Waals surface area contributed by atoms with E-state index >= 15 is 0 Å². The van der Waals surface area contributed by atoms with Gasteiger partial charge in [-0.2, -0.15) is 0 Å². The molecule has 0 aromatic heterocycles. The van der Waals surface area contributed by atoms with Gasteiger partial charge >= 0.3 is 0 Å². The zero-order chi connectivity index (χ0) is 18.0. The minimum Gasteiger partial charge on any atom is -0.295 e. The van der Waals surface area contributed by atoms with Crippen LogP contribution in [0.4, 0.5) is 0 Å². The first-order valence-corrected chi connectivity index (χ1v) is 10.2. The summed E-state index contributed by atoms with van der Waals surface area (Å²) in [4.78, 5) is 35.9. The standard InChI is InChI=1S/C21H28O3S/c1-20-9-7-13(22)11-12(20)3-4-14-15-5-6-17(18(23)19(24)25)21(15,2)10-8-16(14)20/h11,14-17H,3-10H2,1-2H3,(H,24,25)/t14?,15?,16?,17-,20+,21+/m1/s1. The number of carbonyl (C=O) groups excluding carboxylic acids is 3. The monoisotopic (exact) mass is 360 g/mol. The molecule has 4 aliphatic carbocycles. The van der Waals surface area contributed by atoms with Gasteiger partial charge in [-0.3, -0.25) is 14.4 Å². The minimum atomic E-state index is -0.569. The Hall–Kier alpha value is -0.900. The third kappa shape index (κ3) is 2.43. The average molecular weight is 361 g/mol. The molecule has 4 heteroatoms. The van der Waals surface area contributed by atoms with Crippen LogP contribution in [-0.4, -0.2) is 16.7 Å². The van der Waals surface area contributed by atoms with Gasteiger partial charge in [-0.1, -0.05) is 32.0 Å². The Kier molecular flexibility index (Phi) is 4.06. The molecular formula is C21H28O3S. The molecule has 0 amide bonds. The van der Waals surface area contributed by atoms with E-state index < -0.39 is 5.12 Å². The second kappa shape index (κ2) is 5.80. The Morgan fingerprint density at radius 3 is 2.52 bits per heavy atom. The highest BCUT2D eigenvalue weighted by molar-refractivity contribution is 7.98. The number of carbonyl (C=O) groups is 3. The van der Waals surface area contributed by atoms with E-state index in [0.717, 1.165) is 44.9 Å². The number of Topliss-reactive ketones (excluding diaryl/α,β-unsaturated/α-hetero) is 1. The smallest absolute Gasteiger partial charge is 0.252 e. The third-order valence-corrected chi connectivity index (χ3v) is 8.71. The quantitative estimate of drug-likeness (QED) is 0.594. The van der Waals surface area contributed by atoms with E-state index in [2.05, 4.69) is 26.5 Å². The van der Waals surface area contributed by atoms with Crippen molar-refractivity contribution in [3.8, 4) is 0 Å². The molecule has 3 nitrogen and oxygen atoms in total. The van der Waals surface area contributed by atoms with Crippen molar-refractivity contribution in [1.29, 1.82) is 0 Å². The van der Waals surface area contributed by atoms with E-state index in [9.17, 15) is 14.4 Å². The first kappa shape index (κ1) is 17.5. The zero-order valence-electron chi connectivity index (χ0n) is 15.2. The van der Waals surface area contributed by atoms with Crippen molar-refractivity contribution in [1.82, 2.24) is 0 Å². The van der Waals surface area contributed by atoms with Crippen LogP contribution in [0.25, 0.3) is 0 Å². The van der Waals surface area contributed by atoms with Crippen molar-refractivity contribution in [3.05, 3.63) is 11.6 Å². The Morgan fingerprint density at radius 2 is 1.80 bits per heavy atom. The van der Waals surface area contributed by atoms with E-state index in [4.69, 9.17) is 0 Å². The van der Waals surface area contributed by atoms with Gasteiger partial charge in [0.1, 0.15) is 0 Å². The molecule has 3 fully saturated rings. The SMILES string of the molecule is C[C@]12CCC(=O)C=C1CCC1C2CC[C@@]2(C)C1CC[C@@H]2C(=O)C(=O)S. The van der Waals surface area contributed by atoms with Gasteiger partial charge in [-0.25, -0.2) is 0 Å². The molecule has 6 atom stereocenters. The van der Waals surface area contributed by atoms with Crippen molar-refractivity contribution in [2.75, 3.05) is 0 Å². The molecule has 4 aliphatic rings. The van der Waals surface area contributed by atoms with Gasteiger partial charge < -0.3 is 0 Å². The van der Waals surface area contributed by atoms with Crippen LogP contribution in [0, 0.1) is 34.5 Å². The van der Waals surface area contributed by atoms with Gasteiger partial charge in [0.05, 0.1) is 0 Å². The number of hydrogen-bond donors (Lipinski definition) is 1. The summed E-state index contributed by atoms with van der Waals surface area (Å²) < 4.78 is 0. The number of rotatable bonds is 2. The van der Waals surface area contributed by atoms with Crippen LogP contribution < -0.4 is 0 Å². The van der Waals surface area contributed by atoms with Crippen LogP contribution in [0.15, 0.2) is 11.6 Å². The summed E-state index contributed by atoms with van der Waals surface area (Å²) in [6.45, 7) is 4.62. The third-order valence-electron chi connectivity index (χ3n) is 8.49. The fraction of sp³-hybridized carbons (Fsp3) is 0.762. The van der Waals surface area contributed by atoms with Crippen molar-refractivity contribution in [2.45, 2.75) is 65.2 Å². The van der Waals surface area contributed by atoms with Crippen molar-refractivity contribution >= 4 is 29.3 Å². The maximum Gasteiger partial charge on any atom is 0.252 e. The molecule has 0 heterocycles. The topological polar surface area (TPSA) is 51.2 Å². The first-order chi connectivity index (χ1) is 11.8. The van der Waals surface area contributed by atoms with E-state index in [1.807, 2.05) is 6.08 Å². The van der Waals surface area contributed by atoms with Crippen molar-refractivity contribution in [2.24, 2.45) is 34.5 Å². The Morgan fingerprint density at radius 1 is 1.04 bits per heavy atom. The van der Waals surface area contributed by atoms with Crippen LogP contribution in [-0.2, 0) is 14.4 Å². The van der Waals surface area contributed by atoms with Gasteiger partial charge in [0.2, 0.25) is 5.78 Å². The molecule has 0 bridgehead atoms. The minimum absolute atomic E-state index is 0.0430. The van der Waals surface area contributed by atoms with E-state index in [0.29, 0.717) is 30.0 Å². The lowest BCUT2D eigenvalue weighted by atomic mass is 9.46. The molecule has 0 aromatic carbocycles. The van der Waals surface area contributed by atoms with Crippen LogP contribution in [0.1, 0.15) is 65.2 Å². The summed E-state index contributed by atoms with van der Waals surface area (Å²) >= 11 is 3.81. The molecule has 0 aliphatic heterocycles. The number of allylic oxidation sites excluding steroid dienone is 1. The summed E-state index contributed by atoms with van der Waals surface area (Å²) in [6.07, 6.45) is 9.80. The van der Waals surface area contributed by atoms with Crippen LogP contribution >= 0.6 is 12.6 Å². The molecule has 3 saturated carbocycles. The molecule has 0 radical (unpaired) electrons. The predicted molar refractivity (Wildman–Crippen MR) is 99.2 cm³/mol. The molecule has 3 unspecified atom stereocenters.